The number of rotatable bonds is 4. The molecular formula is C36H30FNO5. The number of carbonyl (C=O) groups is 4. The quantitative estimate of drug-likeness (QED) is 0.334. The van der Waals surface area contributed by atoms with Gasteiger partial charge in [-0.15, -0.1) is 0 Å². The minimum absolute atomic E-state index is 0.166. The van der Waals surface area contributed by atoms with Crippen molar-refractivity contribution in [1.29, 1.82) is 0 Å². The van der Waals surface area contributed by atoms with Crippen LogP contribution in [0.1, 0.15) is 42.4 Å². The van der Waals surface area contributed by atoms with Crippen molar-refractivity contribution in [2.45, 2.75) is 31.1 Å². The number of hydrogen-bond donors (Lipinski definition) is 1. The highest BCUT2D eigenvalue weighted by Crippen LogP contribution is 2.64. The van der Waals surface area contributed by atoms with Gasteiger partial charge in [0.2, 0.25) is 11.8 Å². The predicted octanol–water partition coefficient (Wildman–Crippen LogP) is 5.38. The lowest BCUT2D eigenvalue weighted by Gasteiger charge is -2.55. The number of benzene rings is 3. The summed E-state index contributed by atoms with van der Waals surface area (Å²) in [5.41, 5.74) is 0.852. The number of fused-ring (bicyclic) bond motifs is 4. The largest absolute Gasteiger partial charge is 0.505 e. The van der Waals surface area contributed by atoms with E-state index in [0.29, 0.717) is 16.7 Å². The zero-order valence-corrected chi connectivity index (χ0v) is 23.6. The lowest BCUT2D eigenvalue weighted by molar-refractivity contribution is -0.140. The van der Waals surface area contributed by atoms with Crippen LogP contribution in [-0.4, -0.2) is 39.9 Å². The first-order chi connectivity index (χ1) is 20.8. The van der Waals surface area contributed by atoms with E-state index in [4.69, 9.17) is 0 Å². The van der Waals surface area contributed by atoms with Crippen LogP contribution in [0.25, 0.3) is 5.57 Å². The van der Waals surface area contributed by atoms with E-state index in [-0.39, 0.29) is 53.9 Å². The summed E-state index contributed by atoms with van der Waals surface area (Å²) in [4.78, 5) is 57.8. The number of likely N-dealkylation sites (tertiary alicyclic amines) is 1. The summed E-state index contributed by atoms with van der Waals surface area (Å²) in [6.45, 7) is 2.01. The molecule has 1 saturated heterocycles. The summed E-state index contributed by atoms with van der Waals surface area (Å²) in [5.74, 6) is -6.20. The smallest absolute Gasteiger partial charge is 0.233 e. The average molecular weight is 576 g/mol. The Hall–Kier alpha value is -4.65. The molecule has 6 atom stereocenters. The molecule has 1 N–H and O–H groups in total. The van der Waals surface area contributed by atoms with Crippen LogP contribution in [0.5, 0.6) is 5.75 Å². The maximum Gasteiger partial charge on any atom is 0.233 e. The highest BCUT2D eigenvalue weighted by molar-refractivity contribution is 6.31. The Morgan fingerprint density at radius 3 is 2.28 bits per heavy atom. The number of allylic oxidation sites excluding steroid dienone is 4. The van der Waals surface area contributed by atoms with Gasteiger partial charge in [-0.25, -0.2) is 4.39 Å². The third-order valence-corrected chi connectivity index (χ3v) is 10.1. The number of ketones is 2. The van der Waals surface area contributed by atoms with Gasteiger partial charge >= 0.3 is 0 Å². The Balaban J connectivity index is 1.53. The SMILES string of the molecule is CCN1C(=O)C2CC=C3C(CC4C(=O)C(c5ccccc5)=CC(=O)C4(c4ccccc4)C3c3cccc(F)c3O)C2C1=O. The number of imide groups is 1. The summed E-state index contributed by atoms with van der Waals surface area (Å²) in [6.07, 6.45) is 3.76. The summed E-state index contributed by atoms with van der Waals surface area (Å²) in [7, 11) is 0. The van der Waals surface area contributed by atoms with E-state index in [0.717, 1.165) is 6.07 Å². The van der Waals surface area contributed by atoms with Gasteiger partial charge in [0.05, 0.1) is 17.3 Å². The Morgan fingerprint density at radius 1 is 0.884 bits per heavy atom. The average Bonchev–Trinajstić information content (AvgIpc) is 3.28. The van der Waals surface area contributed by atoms with Gasteiger partial charge in [-0.1, -0.05) is 84.4 Å². The van der Waals surface area contributed by atoms with Gasteiger partial charge in [0.25, 0.3) is 0 Å². The van der Waals surface area contributed by atoms with Gasteiger partial charge in [-0.2, -0.15) is 0 Å². The number of hydrogen-bond acceptors (Lipinski definition) is 5. The molecule has 0 radical (unpaired) electrons. The fourth-order valence-electron chi connectivity index (χ4n) is 8.36. The predicted molar refractivity (Wildman–Crippen MR) is 157 cm³/mol. The van der Waals surface area contributed by atoms with Crippen molar-refractivity contribution in [3.63, 3.8) is 0 Å². The van der Waals surface area contributed by atoms with Crippen LogP contribution in [0.15, 0.2) is 96.6 Å². The Morgan fingerprint density at radius 2 is 1.58 bits per heavy atom. The van der Waals surface area contributed by atoms with Crippen molar-refractivity contribution < 1.29 is 28.7 Å². The van der Waals surface area contributed by atoms with E-state index >= 15 is 4.39 Å². The Labute approximate surface area is 248 Å². The molecule has 7 heteroatoms. The Bertz CT molecular complexity index is 1750. The van der Waals surface area contributed by atoms with Gasteiger partial charge in [-0.3, -0.25) is 24.1 Å². The highest BCUT2D eigenvalue weighted by atomic mass is 19.1. The molecule has 43 heavy (non-hydrogen) atoms. The molecule has 1 heterocycles. The van der Waals surface area contributed by atoms with Crippen LogP contribution >= 0.6 is 0 Å². The molecule has 2 fully saturated rings. The molecule has 1 saturated carbocycles. The third-order valence-electron chi connectivity index (χ3n) is 10.1. The first kappa shape index (κ1) is 27.2. The number of phenols is 1. The first-order valence-electron chi connectivity index (χ1n) is 14.7. The molecule has 216 valence electrons. The maximum atomic E-state index is 15.1. The lowest BCUT2D eigenvalue weighted by atomic mass is 9.44. The van der Waals surface area contributed by atoms with Crippen LogP contribution in [0.4, 0.5) is 4.39 Å². The number of aromatic hydroxyl groups is 1. The van der Waals surface area contributed by atoms with Gasteiger partial charge in [0, 0.05) is 29.5 Å². The zero-order chi connectivity index (χ0) is 30.0. The van der Waals surface area contributed by atoms with E-state index < -0.39 is 46.6 Å². The molecule has 0 spiro atoms. The van der Waals surface area contributed by atoms with E-state index in [2.05, 4.69) is 0 Å². The van der Waals surface area contributed by atoms with Crippen molar-refractivity contribution in [3.8, 4) is 5.75 Å². The van der Waals surface area contributed by atoms with Crippen LogP contribution < -0.4 is 0 Å². The first-order valence-corrected chi connectivity index (χ1v) is 14.7. The van der Waals surface area contributed by atoms with E-state index in [1.807, 2.05) is 18.2 Å². The van der Waals surface area contributed by atoms with Crippen molar-refractivity contribution in [3.05, 3.63) is 119 Å². The van der Waals surface area contributed by atoms with Crippen LogP contribution in [0.2, 0.25) is 0 Å². The molecule has 4 aliphatic rings. The number of amides is 2. The third kappa shape index (κ3) is 3.70. The van der Waals surface area contributed by atoms with Crippen molar-refractivity contribution >= 4 is 29.0 Å². The maximum absolute atomic E-state index is 15.1. The van der Waals surface area contributed by atoms with Crippen molar-refractivity contribution in [2.75, 3.05) is 6.54 Å². The fourth-order valence-corrected chi connectivity index (χ4v) is 8.36. The monoisotopic (exact) mass is 575 g/mol. The standard InChI is InChI=1S/C36H30FNO5/c1-2-38-34(42)23-17-16-22-26(30(23)35(38)43)18-27-32(40)25(20-10-5-3-6-11-20)19-29(39)36(27,21-12-7-4-8-13-21)31(22)24-14-9-15-28(37)33(24)41/h3-16,19,23,26-27,30-31,41H,2,17-18H2,1H3. The molecule has 3 aromatic carbocycles. The van der Waals surface area contributed by atoms with Crippen molar-refractivity contribution in [2.24, 2.45) is 23.7 Å². The lowest BCUT2D eigenvalue weighted by Crippen LogP contribution is -2.58. The Kier molecular flexibility index (Phi) is 6.31. The summed E-state index contributed by atoms with van der Waals surface area (Å²) < 4.78 is 15.1. The van der Waals surface area contributed by atoms with Gasteiger partial charge in [0.1, 0.15) is 0 Å². The second kappa shape index (κ2) is 9.97. The summed E-state index contributed by atoms with van der Waals surface area (Å²) >= 11 is 0. The fraction of sp³-hybridized carbons (Fsp3) is 0.278. The number of carbonyl (C=O) groups excluding carboxylic acids is 4. The summed E-state index contributed by atoms with van der Waals surface area (Å²) in [5, 5.41) is 11.2. The number of para-hydroxylation sites is 1. The number of nitrogens with zero attached hydrogens (tertiary/aromatic N) is 1. The number of halogens is 1. The van der Waals surface area contributed by atoms with Crippen LogP contribution in [0.3, 0.4) is 0 Å². The van der Waals surface area contributed by atoms with Gasteiger partial charge in [-0.05, 0) is 49.0 Å². The van der Waals surface area contributed by atoms with E-state index in [1.54, 1.807) is 61.5 Å². The molecule has 7 rings (SSSR count). The van der Waals surface area contributed by atoms with Crippen LogP contribution in [-0.2, 0) is 24.6 Å². The molecule has 3 aliphatic carbocycles. The molecule has 0 aromatic heterocycles. The molecule has 0 bridgehead atoms. The molecule has 1 aliphatic heterocycles. The van der Waals surface area contributed by atoms with E-state index in [1.165, 1.54) is 17.0 Å². The second-order valence-electron chi connectivity index (χ2n) is 11.9. The molecule has 6 nitrogen and oxygen atoms in total. The second-order valence-corrected chi connectivity index (χ2v) is 11.9. The van der Waals surface area contributed by atoms with E-state index in [9.17, 15) is 24.3 Å². The van der Waals surface area contributed by atoms with Crippen LogP contribution in [0, 0.1) is 29.5 Å². The summed E-state index contributed by atoms with van der Waals surface area (Å²) in [6, 6.07) is 22.3. The highest BCUT2D eigenvalue weighted by Gasteiger charge is 2.66. The molecular weight excluding hydrogens is 545 g/mol. The molecule has 2 amide bonds. The van der Waals surface area contributed by atoms with Crippen molar-refractivity contribution in [1.82, 2.24) is 4.90 Å². The van der Waals surface area contributed by atoms with Gasteiger partial charge < -0.3 is 5.11 Å². The normalized spacial score (nSPS) is 29.9. The van der Waals surface area contributed by atoms with Gasteiger partial charge in [0.15, 0.2) is 23.1 Å². The number of phenolic OH excluding ortho intramolecular Hbond substituents is 1. The molecule has 3 aromatic rings. The number of Topliss-reactive ketones (excluding diaryl/α,β-unsaturated/α-hetero) is 1. The zero-order valence-electron chi connectivity index (χ0n) is 23.6. The topological polar surface area (TPSA) is 91.8 Å². The minimum Gasteiger partial charge on any atom is -0.505 e. The molecule has 6 unspecified atom stereocenters. The minimum atomic E-state index is -1.51.